The van der Waals surface area contributed by atoms with Gasteiger partial charge in [-0.2, -0.15) is 0 Å². The van der Waals surface area contributed by atoms with Crippen LogP contribution in [-0.2, 0) is 27.0 Å². The first kappa shape index (κ1) is 22.7. The Bertz CT molecular complexity index is 934. The van der Waals surface area contributed by atoms with Crippen molar-refractivity contribution in [2.45, 2.75) is 83.3 Å². The third-order valence-electron chi connectivity index (χ3n) is 7.14. The molecule has 0 atom stereocenters. The van der Waals surface area contributed by atoms with Gasteiger partial charge in [-0.1, -0.05) is 44.2 Å². The van der Waals surface area contributed by atoms with E-state index < -0.39 is 0 Å². The van der Waals surface area contributed by atoms with Crippen molar-refractivity contribution in [1.29, 1.82) is 0 Å². The highest BCUT2D eigenvalue weighted by atomic mass is 16.5. The first-order chi connectivity index (χ1) is 15.3. The molecule has 1 aromatic carbocycles. The second-order valence-corrected chi connectivity index (χ2v) is 9.90. The minimum Gasteiger partial charge on any atom is -0.381 e. The smallest absolute Gasteiger partial charge is 0.223 e. The highest BCUT2D eigenvalue weighted by Crippen LogP contribution is 2.47. The van der Waals surface area contributed by atoms with Gasteiger partial charge in [-0.3, -0.25) is 4.79 Å². The van der Waals surface area contributed by atoms with E-state index in [9.17, 15) is 4.79 Å². The molecule has 1 amide bonds. The number of benzene rings is 1. The molecule has 6 heteroatoms. The van der Waals surface area contributed by atoms with Crippen LogP contribution in [0.25, 0.3) is 0 Å². The van der Waals surface area contributed by atoms with Crippen molar-refractivity contribution in [1.82, 2.24) is 14.9 Å². The first-order valence-electron chi connectivity index (χ1n) is 11.9. The van der Waals surface area contributed by atoms with Crippen LogP contribution in [0.15, 0.2) is 36.5 Å². The molecule has 0 spiro atoms. The van der Waals surface area contributed by atoms with E-state index in [4.69, 9.17) is 4.74 Å². The fourth-order valence-electron chi connectivity index (χ4n) is 4.54. The number of amides is 1. The topological polar surface area (TPSA) is 67.4 Å². The summed E-state index contributed by atoms with van der Waals surface area (Å²) in [6.45, 7) is 10.5. The number of carbonyl (C=O) groups is 1. The number of aromatic nitrogens is 2. The zero-order chi connectivity index (χ0) is 22.8. The Morgan fingerprint density at radius 2 is 1.84 bits per heavy atom. The number of nitrogens with one attached hydrogen (secondary N) is 1. The van der Waals surface area contributed by atoms with E-state index in [0.717, 1.165) is 37.3 Å². The van der Waals surface area contributed by atoms with Gasteiger partial charge in [0.15, 0.2) is 0 Å². The van der Waals surface area contributed by atoms with Gasteiger partial charge >= 0.3 is 0 Å². The van der Waals surface area contributed by atoms with E-state index in [2.05, 4.69) is 66.4 Å². The molecule has 172 valence electrons. The zero-order valence-electron chi connectivity index (χ0n) is 19.9. The molecule has 1 aliphatic carbocycles. The van der Waals surface area contributed by atoms with Crippen molar-refractivity contribution >= 4 is 11.9 Å². The maximum absolute atomic E-state index is 12.1. The van der Waals surface area contributed by atoms with Gasteiger partial charge in [0, 0.05) is 37.4 Å². The van der Waals surface area contributed by atoms with Crippen LogP contribution in [0, 0.1) is 0 Å². The number of hydrogen-bond donors (Lipinski definition) is 1. The molecular weight excluding hydrogens is 400 g/mol. The largest absolute Gasteiger partial charge is 0.381 e. The lowest BCUT2D eigenvalue weighted by Gasteiger charge is -2.31. The van der Waals surface area contributed by atoms with E-state index >= 15 is 0 Å². The number of nitrogens with zero attached hydrogens (tertiary/aromatic N) is 3. The molecule has 6 nitrogen and oxygen atoms in total. The Hall–Kier alpha value is -2.47. The molecule has 1 saturated heterocycles. The second kappa shape index (κ2) is 9.18. The zero-order valence-corrected chi connectivity index (χ0v) is 19.9. The van der Waals surface area contributed by atoms with Crippen LogP contribution in [0.3, 0.4) is 0 Å². The summed E-state index contributed by atoms with van der Waals surface area (Å²) in [6, 6.07) is 11.2. The highest BCUT2D eigenvalue weighted by Gasteiger charge is 2.41. The van der Waals surface area contributed by atoms with E-state index in [1.54, 1.807) is 0 Å². The number of ether oxygens (including phenoxy) is 1. The summed E-state index contributed by atoms with van der Waals surface area (Å²) < 4.78 is 5.37. The second-order valence-electron chi connectivity index (χ2n) is 9.90. The van der Waals surface area contributed by atoms with Crippen molar-refractivity contribution in [3.05, 3.63) is 53.3 Å². The Labute approximate surface area is 191 Å². The third kappa shape index (κ3) is 4.80. The van der Waals surface area contributed by atoms with Gasteiger partial charge in [0.1, 0.15) is 0 Å². The summed E-state index contributed by atoms with van der Waals surface area (Å²) in [5, 5.41) is 3.39. The van der Waals surface area contributed by atoms with Gasteiger partial charge in [0.25, 0.3) is 0 Å². The molecular formula is C26H36N4O2. The summed E-state index contributed by atoms with van der Waals surface area (Å²) in [4.78, 5) is 23.2. The molecule has 0 radical (unpaired) electrons. The van der Waals surface area contributed by atoms with Gasteiger partial charge in [0.2, 0.25) is 11.9 Å². The molecule has 5 rings (SSSR count). The Morgan fingerprint density at radius 1 is 1.16 bits per heavy atom. The van der Waals surface area contributed by atoms with Crippen LogP contribution in [0.2, 0.25) is 0 Å². The maximum Gasteiger partial charge on any atom is 0.223 e. The fraction of sp³-hybridized carbons (Fsp3) is 0.577. The summed E-state index contributed by atoms with van der Waals surface area (Å²) in [5.41, 5.74) is 3.72. The molecule has 3 heterocycles. The summed E-state index contributed by atoms with van der Waals surface area (Å²) in [6.07, 6.45) is 7.08. The average molecular weight is 437 g/mol. The SMILES string of the molecule is CC1(c2ccccc2)CC1.CCC(=O)N1Cc2nc(NC3CCOCC3)ncc2C1(C)C. The van der Waals surface area contributed by atoms with Gasteiger partial charge in [-0.05, 0) is 50.5 Å². The predicted molar refractivity (Wildman–Crippen MR) is 126 cm³/mol. The van der Waals surface area contributed by atoms with Crippen LogP contribution in [0.1, 0.15) is 76.6 Å². The normalized spacial score (nSPS) is 20.7. The van der Waals surface area contributed by atoms with Crippen LogP contribution in [-0.4, -0.2) is 40.0 Å². The van der Waals surface area contributed by atoms with Gasteiger partial charge in [-0.15, -0.1) is 0 Å². The predicted octanol–water partition coefficient (Wildman–Crippen LogP) is 4.79. The van der Waals surface area contributed by atoms with E-state index in [1.165, 1.54) is 18.4 Å². The van der Waals surface area contributed by atoms with Crippen molar-refractivity contribution < 1.29 is 9.53 Å². The lowest BCUT2D eigenvalue weighted by molar-refractivity contribution is -0.136. The molecule has 0 unspecified atom stereocenters. The molecule has 32 heavy (non-hydrogen) atoms. The van der Waals surface area contributed by atoms with Gasteiger partial charge in [-0.25, -0.2) is 9.97 Å². The number of rotatable bonds is 4. The number of fused-ring (bicyclic) bond motifs is 1. The van der Waals surface area contributed by atoms with Crippen LogP contribution < -0.4 is 5.32 Å². The van der Waals surface area contributed by atoms with Crippen LogP contribution >= 0.6 is 0 Å². The Kier molecular flexibility index (Phi) is 6.52. The van der Waals surface area contributed by atoms with E-state index in [1.807, 2.05) is 18.0 Å². The quantitative estimate of drug-likeness (QED) is 0.746. The molecule has 2 fully saturated rings. The van der Waals surface area contributed by atoms with E-state index in [-0.39, 0.29) is 11.4 Å². The molecule has 0 bridgehead atoms. The summed E-state index contributed by atoms with van der Waals surface area (Å²) in [7, 11) is 0. The monoisotopic (exact) mass is 436 g/mol. The molecule has 1 aromatic heterocycles. The molecule has 1 saturated carbocycles. The Morgan fingerprint density at radius 3 is 2.47 bits per heavy atom. The lowest BCUT2D eigenvalue weighted by Crippen LogP contribution is -2.39. The van der Waals surface area contributed by atoms with Crippen molar-refractivity contribution in [2.24, 2.45) is 0 Å². The van der Waals surface area contributed by atoms with Crippen molar-refractivity contribution in [3.8, 4) is 0 Å². The van der Waals surface area contributed by atoms with Gasteiger partial charge < -0.3 is 15.0 Å². The first-order valence-corrected chi connectivity index (χ1v) is 11.9. The average Bonchev–Trinajstić information content (AvgIpc) is 3.51. The number of hydrogen-bond acceptors (Lipinski definition) is 5. The molecule has 3 aliphatic rings. The number of carbonyl (C=O) groups excluding carboxylic acids is 1. The van der Waals surface area contributed by atoms with Crippen LogP contribution in [0.4, 0.5) is 5.95 Å². The van der Waals surface area contributed by atoms with Crippen LogP contribution in [0.5, 0.6) is 0 Å². The van der Waals surface area contributed by atoms with Gasteiger partial charge in [0.05, 0.1) is 17.8 Å². The van der Waals surface area contributed by atoms with E-state index in [0.29, 0.717) is 30.4 Å². The minimum atomic E-state index is -0.334. The molecule has 2 aliphatic heterocycles. The van der Waals surface area contributed by atoms with Crippen molar-refractivity contribution in [3.63, 3.8) is 0 Å². The van der Waals surface area contributed by atoms with Crippen molar-refractivity contribution in [2.75, 3.05) is 18.5 Å². The molecule has 2 aromatic rings. The fourth-order valence-corrected chi connectivity index (χ4v) is 4.54. The number of anilines is 1. The highest BCUT2D eigenvalue weighted by molar-refractivity contribution is 5.77. The summed E-state index contributed by atoms with van der Waals surface area (Å²) in [5.74, 6) is 0.814. The minimum absolute atomic E-state index is 0.155. The lowest BCUT2D eigenvalue weighted by atomic mass is 9.97. The maximum atomic E-state index is 12.1. The molecule has 1 N–H and O–H groups in total. The summed E-state index contributed by atoms with van der Waals surface area (Å²) >= 11 is 0. The Balaban J connectivity index is 0.000000203. The standard InChI is InChI=1S/C16H24N4O2.C10H12/c1-4-14(21)20-10-13-12(16(20,2)3)9-17-15(19-13)18-11-5-7-22-8-6-11;1-10(7-8-10)9-5-3-2-4-6-9/h9,11H,4-8,10H2,1-3H3,(H,17,18,19);2-6H,7-8H2,1H3. The third-order valence-corrected chi connectivity index (χ3v) is 7.14.